The first-order chi connectivity index (χ1) is 25.5. The molecule has 2 aliphatic rings. The van der Waals surface area contributed by atoms with E-state index in [1.807, 2.05) is 39.0 Å². The van der Waals surface area contributed by atoms with Crippen molar-refractivity contribution in [1.82, 2.24) is 14.9 Å². The minimum Gasteiger partial charge on any atom is -0.468 e. The van der Waals surface area contributed by atoms with Gasteiger partial charge < -0.3 is 19.1 Å². The standard InChI is InChI=1S/C42H51F3N4O4Si/c1-24(2)54(25(3)4,26(5)6)17-16-27-12-11-13-28-18-31(52-23-51-10)19-32(35(27)28)36-34(43)20-33-38(37(36)44)46-40(45)47-39(33)48-21-29-14-15-30(22-48)49(29)41(50)53-42(7,8)9/h11-13,18-20,24-26,29-30H,14-15,21-23H2,1-10H3/t29-,30+. The molecule has 2 saturated heterocycles. The number of halogens is 3. The number of rotatable bonds is 8. The van der Waals surface area contributed by atoms with Crippen molar-refractivity contribution < 1.29 is 32.2 Å². The molecule has 12 heteroatoms. The molecule has 1 aromatic heterocycles. The Morgan fingerprint density at radius 3 is 2.20 bits per heavy atom. The van der Waals surface area contributed by atoms with Crippen LogP contribution in [0.1, 0.15) is 80.7 Å². The van der Waals surface area contributed by atoms with Crippen molar-refractivity contribution in [2.24, 2.45) is 0 Å². The first-order valence-electron chi connectivity index (χ1n) is 18.8. The van der Waals surface area contributed by atoms with Gasteiger partial charge in [0.2, 0.25) is 0 Å². The number of piperazine rings is 1. The quantitative estimate of drug-likeness (QED) is 0.0766. The normalized spacial score (nSPS) is 17.6. The van der Waals surface area contributed by atoms with E-state index >= 15 is 13.2 Å². The molecular formula is C42H51F3N4O4Si. The van der Waals surface area contributed by atoms with Crippen molar-refractivity contribution >= 4 is 41.7 Å². The number of nitrogens with zero attached hydrogens (tertiary/aromatic N) is 4. The molecule has 0 aliphatic carbocycles. The molecule has 2 atom stereocenters. The van der Waals surface area contributed by atoms with Gasteiger partial charge in [-0.2, -0.15) is 14.4 Å². The summed E-state index contributed by atoms with van der Waals surface area (Å²) in [5.41, 5.74) is 4.34. The van der Waals surface area contributed by atoms with Gasteiger partial charge in [-0.25, -0.2) is 13.6 Å². The molecule has 0 saturated carbocycles. The van der Waals surface area contributed by atoms with E-state index in [1.54, 1.807) is 21.9 Å². The number of carbonyl (C=O) groups excluding carboxylic acids is 1. The first kappa shape index (κ1) is 39.4. The number of methoxy groups -OCH3 is 1. The molecule has 6 rings (SSSR count). The van der Waals surface area contributed by atoms with E-state index in [2.05, 4.69) is 63.0 Å². The molecule has 2 bridgehead atoms. The van der Waals surface area contributed by atoms with Crippen molar-refractivity contribution in [3.63, 3.8) is 0 Å². The van der Waals surface area contributed by atoms with Gasteiger partial charge in [0.05, 0.1) is 17.6 Å². The number of ether oxygens (including phenoxy) is 3. The van der Waals surface area contributed by atoms with Crippen LogP contribution in [0.4, 0.5) is 23.8 Å². The van der Waals surface area contributed by atoms with Crippen LogP contribution in [0, 0.1) is 29.2 Å². The molecule has 0 unspecified atom stereocenters. The highest BCUT2D eigenvalue weighted by molar-refractivity contribution is 6.90. The van der Waals surface area contributed by atoms with Gasteiger partial charge in [0, 0.05) is 42.1 Å². The van der Waals surface area contributed by atoms with Gasteiger partial charge in [-0.15, -0.1) is 5.54 Å². The molecule has 288 valence electrons. The third kappa shape index (κ3) is 7.25. The van der Waals surface area contributed by atoms with Crippen molar-refractivity contribution in [1.29, 1.82) is 0 Å². The number of hydrogen-bond donors (Lipinski definition) is 0. The lowest BCUT2D eigenvalue weighted by Gasteiger charge is -2.42. The van der Waals surface area contributed by atoms with Gasteiger partial charge in [0.1, 0.15) is 36.6 Å². The first-order valence-corrected chi connectivity index (χ1v) is 21.0. The van der Waals surface area contributed by atoms with Crippen LogP contribution in [0.3, 0.4) is 0 Å². The number of fused-ring (bicyclic) bond motifs is 4. The highest BCUT2D eigenvalue weighted by atomic mass is 28.3. The van der Waals surface area contributed by atoms with Crippen molar-refractivity contribution in [2.45, 2.75) is 109 Å². The fourth-order valence-corrected chi connectivity index (χ4v) is 14.1. The summed E-state index contributed by atoms with van der Waals surface area (Å²) >= 11 is 0. The van der Waals surface area contributed by atoms with E-state index < -0.39 is 37.5 Å². The molecule has 2 fully saturated rings. The summed E-state index contributed by atoms with van der Waals surface area (Å²) in [5.74, 6) is 2.02. The lowest BCUT2D eigenvalue weighted by Crippen LogP contribution is -2.57. The minimum absolute atomic E-state index is 0.0398. The predicted molar refractivity (Wildman–Crippen MR) is 210 cm³/mol. The van der Waals surface area contributed by atoms with E-state index in [0.29, 0.717) is 64.6 Å². The second-order valence-corrected chi connectivity index (χ2v) is 22.1. The number of anilines is 1. The molecule has 1 amide bonds. The Labute approximate surface area is 317 Å². The van der Waals surface area contributed by atoms with Crippen LogP contribution in [0.15, 0.2) is 36.4 Å². The van der Waals surface area contributed by atoms with Gasteiger partial charge in [-0.1, -0.05) is 59.6 Å². The second kappa shape index (κ2) is 15.1. The number of benzene rings is 3. The number of amides is 1. The Morgan fingerprint density at radius 1 is 0.963 bits per heavy atom. The Kier molecular flexibility index (Phi) is 11.0. The SMILES string of the molecule is COCOc1cc(-c2c(F)cc3c(N4C[C@H]5CC[C@@H](C4)N5C(=O)OC(C)(C)C)nc(F)nc3c2F)c2c(C#C[Si](C(C)C)(C(C)C)C(C)C)cccc2c1. The van der Waals surface area contributed by atoms with E-state index in [4.69, 9.17) is 14.2 Å². The minimum atomic E-state index is -2.18. The summed E-state index contributed by atoms with van der Waals surface area (Å²) in [6.45, 7) is 19.3. The summed E-state index contributed by atoms with van der Waals surface area (Å²) in [6, 6.07) is 9.68. The topological polar surface area (TPSA) is 77.0 Å². The molecule has 2 aliphatic heterocycles. The Bertz CT molecular complexity index is 2110. The smallest absolute Gasteiger partial charge is 0.410 e. The fraction of sp³-hybridized carbons (Fsp3) is 0.500. The van der Waals surface area contributed by atoms with E-state index in [1.165, 1.54) is 13.2 Å². The van der Waals surface area contributed by atoms with Crippen molar-refractivity contribution in [3.05, 3.63) is 59.7 Å². The average Bonchev–Trinajstić information content (AvgIpc) is 3.35. The third-order valence-corrected chi connectivity index (χ3v) is 17.4. The molecule has 0 N–H and O–H groups in total. The molecule has 0 radical (unpaired) electrons. The second-order valence-electron chi connectivity index (χ2n) is 16.5. The van der Waals surface area contributed by atoms with Crippen LogP contribution in [0.25, 0.3) is 32.8 Å². The number of hydrogen-bond acceptors (Lipinski definition) is 7. The predicted octanol–water partition coefficient (Wildman–Crippen LogP) is 10.0. The number of carbonyl (C=O) groups is 1. The lowest BCUT2D eigenvalue weighted by atomic mass is 9.93. The zero-order chi connectivity index (χ0) is 39.3. The van der Waals surface area contributed by atoms with Crippen LogP contribution in [-0.2, 0) is 9.47 Å². The summed E-state index contributed by atoms with van der Waals surface area (Å²) in [7, 11) is -0.692. The monoisotopic (exact) mass is 760 g/mol. The van der Waals surface area contributed by atoms with Crippen LogP contribution >= 0.6 is 0 Å². The van der Waals surface area contributed by atoms with Crippen LogP contribution in [-0.4, -0.2) is 73.7 Å². The third-order valence-electron chi connectivity index (χ3n) is 11.1. The molecule has 54 heavy (non-hydrogen) atoms. The molecule has 0 spiro atoms. The summed E-state index contributed by atoms with van der Waals surface area (Å²) < 4.78 is 65.8. The van der Waals surface area contributed by atoms with Gasteiger partial charge >= 0.3 is 12.2 Å². The van der Waals surface area contributed by atoms with Crippen LogP contribution < -0.4 is 9.64 Å². The van der Waals surface area contributed by atoms with Crippen LogP contribution in [0.2, 0.25) is 16.6 Å². The van der Waals surface area contributed by atoms with E-state index in [9.17, 15) is 4.79 Å². The maximum atomic E-state index is 17.1. The van der Waals surface area contributed by atoms with Gasteiger partial charge in [0.25, 0.3) is 0 Å². The zero-order valence-corrected chi connectivity index (χ0v) is 33.9. The summed E-state index contributed by atoms with van der Waals surface area (Å²) in [4.78, 5) is 24.6. The van der Waals surface area contributed by atoms with Crippen molar-refractivity contribution in [3.8, 4) is 28.3 Å². The van der Waals surface area contributed by atoms with Gasteiger partial charge in [0.15, 0.2) is 12.6 Å². The fourth-order valence-electron chi connectivity index (χ4n) is 8.85. The number of aromatic nitrogens is 2. The van der Waals surface area contributed by atoms with Gasteiger partial charge in [-0.05, 0) is 79.9 Å². The van der Waals surface area contributed by atoms with E-state index in [0.717, 1.165) is 0 Å². The van der Waals surface area contributed by atoms with Crippen LogP contribution in [0.5, 0.6) is 5.75 Å². The Hall–Kier alpha value is -4.34. The van der Waals surface area contributed by atoms with Crippen molar-refractivity contribution in [2.75, 3.05) is 31.9 Å². The molecule has 8 nitrogen and oxygen atoms in total. The Morgan fingerprint density at radius 2 is 1.61 bits per heavy atom. The van der Waals surface area contributed by atoms with E-state index in [-0.39, 0.29) is 46.7 Å². The molecular weight excluding hydrogens is 710 g/mol. The highest BCUT2D eigenvalue weighted by Gasteiger charge is 2.45. The molecule has 4 aromatic rings. The lowest BCUT2D eigenvalue weighted by molar-refractivity contribution is 0.0122. The maximum Gasteiger partial charge on any atom is 0.410 e. The molecule has 3 aromatic carbocycles. The maximum absolute atomic E-state index is 17.1. The largest absolute Gasteiger partial charge is 0.468 e. The average molecular weight is 761 g/mol. The summed E-state index contributed by atoms with van der Waals surface area (Å²) in [5, 5.41) is 1.26. The highest BCUT2D eigenvalue weighted by Crippen LogP contribution is 2.44. The zero-order valence-electron chi connectivity index (χ0n) is 32.9. The Balaban J connectivity index is 1.51. The van der Waals surface area contributed by atoms with Gasteiger partial charge in [-0.3, -0.25) is 4.90 Å². The summed E-state index contributed by atoms with van der Waals surface area (Å²) in [6.07, 6.45) is -0.114. The molecule has 3 heterocycles.